The summed E-state index contributed by atoms with van der Waals surface area (Å²) in [6, 6.07) is 0. The van der Waals surface area contributed by atoms with Gasteiger partial charge in [-0.1, -0.05) is 115 Å². The van der Waals surface area contributed by atoms with Crippen molar-refractivity contribution in [2.75, 3.05) is 0 Å². The van der Waals surface area contributed by atoms with Crippen LogP contribution in [0.3, 0.4) is 0 Å². The van der Waals surface area contributed by atoms with Crippen LogP contribution in [0.15, 0.2) is 29.0 Å². The Balaban J connectivity index is 2.64. The number of hydrogen-bond donors (Lipinski definition) is 3. The molecule has 0 spiro atoms. The van der Waals surface area contributed by atoms with Gasteiger partial charge < -0.3 is 15.4 Å². The van der Waals surface area contributed by atoms with Gasteiger partial charge in [0.25, 0.3) is 0 Å². The Bertz CT molecular complexity index is 496. The summed E-state index contributed by atoms with van der Waals surface area (Å²) in [5.74, 6) is -2.04. The van der Waals surface area contributed by atoms with Crippen LogP contribution in [0.5, 0.6) is 0 Å². The number of rotatable bonds is 16. The molecule has 0 fully saturated rings. The minimum Gasteiger partial charge on any atom is -0.411 e. The number of nitrogens with zero attached hydrogens (tertiary/aromatic N) is 1. The average molecular weight is 394 g/mol. The molecule has 0 saturated heterocycles. The molecular weight excluding hydrogens is 350 g/mol. The van der Waals surface area contributed by atoms with E-state index >= 15 is 0 Å². The number of oxime groups is 1. The van der Waals surface area contributed by atoms with Crippen LogP contribution in [0, 0.1) is 5.41 Å². The van der Waals surface area contributed by atoms with Crippen molar-refractivity contribution in [3.63, 3.8) is 0 Å². The van der Waals surface area contributed by atoms with E-state index in [0.29, 0.717) is 0 Å². The maximum absolute atomic E-state index is 10.2. The highest BCUT2D eigenvalue weighted by molar-refractivity contribution is 5.81. The average Bonchev–Trinajstić information content (AvgIpc) is 2.67. The lowest BCUT2D eigenvalue weighted by Gasteiger charge is -2.35. The first-order chi connectivity index (χ1) is 13.5. The predicted molar refractivity (Wildman–Crippen MR) is 118 cm³/mol. The van der Waals surface area contributed by atoms with Crippen molar-refractivity contribution in [2.45, 2.75) is 116 Å². The highest BCUT2D eigenvalue weighted by atomic mass is 16.5. The van der Waals surface area contributed by atoms with Crippen LogP contribution in [0.25, 0.3) is 0 Å². The molecule has 0 bridgehead atoms. The van der Waals surface area contributed by atoms with Gasteiger partial charge >= 0.3 is 0 Å². The zero-order valence-corrected chi connectivity index (χ0v) is 18.2. The minimum absolute atomic E-state index is 0.167. The van der Waals surface area contributed by atoms with Gasteiger partial charge in [-0.05, 0) is 18.9 Å². The van der Waals surface area contributed by atoms with E-state index in [2.05, 4.69) is 19.0 Å². The molecule has 28 heavy (non-hydrogen) atoms. The van der Waals surface area contributed by atoms with E-state index in [1.54, 1.807) is 0 Å². The fraction of sp³-hybridized carbons (Fsp3) is 0.792. The van der Waals surface area contributed by atoms with Crippen LogP contribution in [-0.2, 0) is 0 Å². The quantitative estimate of drug-likeness (QED) is 0.0699. The maximum atomic E-state index is 10.2. The van der Waals surface area contributed by atoms with Crippen LogP contribution in [0.4, 0.5) is 0 Å². The van der Waals surface area contributed by atoms with Crippen LogP contribution < -0.4 is 0 Å². The summed E-state index contributed by atoms with van der Waals surface area (Å²) in [4.78, 5) is 0. The summed E-state index contributed by atoms with van der Waals surface area (Å²) in [7, 11) is 0. The monoisotopic (exact) mass is 393 g/mol. The van der Waals surface area contributed by atoms with Gasteiger partial charge in [-0.15, -0.1) is 0 Å². The first-order valence-corrected chi connectivity index (χ1v) is 11.6. The smallest absolute Gasteiger partial charge is 0.211 e. The van der Waals surface area contributed by atoms with E-state index in [9.17, 15) is 10.2 Å². The number of aliphatic hydroxyl groups is 2. The Labute approximate surface area is 172 Å². The molecule has 0 amide bonds. The highest BCUT2D eigenvalue weighted by Crippen LogP contribution is 2.41. The fourth-order valence-electron chi connectivity index (χ4n) is 4.12. The van der Waals surface area contributed by atoms with Crippen LogP contribution in [-0.4, -0.2) is 27.4 Å². The van der Waals surface area contributed by atoms with Gasteiger partial charge in [-0.2, -0.15) is 0 Å². The van der Waals surface area contributed by atoms with Crippen LogP contribution in [0.1, 0.15) is 110 Å². The summed E-state index contributed by atoms with van der Waals surface area (Å²) >= 11 is 0. The molecule has 1 unspecified atom stereocenters. The summed E-state index contributed by atoms with van der Waals surface area (Å²) in [5.41, 5.74) is 0.103. The third kappa shape index (κ3) is 9.38. The predicted octanol–water partition coefficient (Wildman–Crippen LogP) is 6.50. The second-order valence-corrected chi connectivity index (χ2v) is 8.53. The first kappa shape index (κ1) is 24.9. The number of hydrogen-bond acceptors (Lipinski definition) is 4. The van der Waals surface area contributed by atoms with Gasteiger partial charge in [-0.25, -0.2) is 0 Å². The summed E-state index contributed by atoms with van der Waals surface area (Å²) < 4.78 is 0. The molecule has 0 saturated carbocycles. The van der Waals surface area contributed by atoms with Gasteiger partial charge in [-0.3, -0.25) is 0 Å². The lowest BCUT2D eigenvalue weighted by atomic mass is 9.72. The Morgan fingerprint density at radius 3 is 1.68 bits per heavy atom. The Kier molecular flexibility index (Phi) is 12.4. The van der Waals surface area contributed by atoms with Crippen molar-refractivity contribution >= 4 is 6.21 Å². The van der Waals surface area contributed by atoms with E-state index in [1.807, 2.05) is 12.2 Å². The zero-order chi connectivity index (χ0) is 20.7. The van der Waals surface area contributed by atoms with E-state index in [0.717, 1.165) is 31.9 Å². The van der Waals surface area contributed by atoms with Crippen molar-refractivity contribution in [3.8, 4) is 0 Å². The van der Waals surface area contributed by atoms with E-state index in [1.165, 1.54) is 76.7 Å². The van der Waals surface area contributed by atoms with E-state index in [4.69, 9.17) is 5.21 Å². The van der Waals surface area contributed by atoms with Crippen molar-refractivity contribution in [1.82, 2.24) is 0 Å². The van der Waals surface area contributed by atoms with E-state index < -0.39 is 5.79 Å². The molecule has 162 valence electrons. The lowest BCUT2D eigenvalue weighted by Crippen LogP contribution is -2.35. The second kappa shape index (κ2) is 13.9. The SMILES string of the molecule is CCCCCCCCCC1(CCCCCCCC)C=CC(O)(O)C(C=NO)=C1. The highest BCUT2D eigenvalue weighted by Gasteiger charge is 2.35. The Morgan fingerprint density at radius 1 is 0.750 bits per heavy atom. The zero-order valence-electron chi connectivity index (χ0n) is 18.2. The molecule has 1 aliphatic carbocycles. The molecule has 0 aliphatic heterocycles. The lowest BCUT2D eigenvalue weighted by molar-refractivity contribution is -0.0825. The molecule has 0 heterocycles. The second-order valence-electron chi connectivity index (χ2n) is 8.53. The summed E-state index contributed by atoms with van der Waals surface area (Å²) in [6.45, 7) is 4.47. The summed E-state index contributed by atoms with van der Waals surface area (Å²) in [5, 5.41) is 32.3. The molecule has 4 heteroatoms. The molecule has 1 atom stereocenters. The van der Waals surface area contributed by atoms with Crippen LogP contribution in [0.2, 0.25) is 0 Å². The third-order valence-corrected chi connectivity index (χ3v) is 5.95. The molecule has 0 aromatic rings. The van der Waals surface area contributed by atoms with Crippen molar-refractivity contribution in [2.24, 2.45) is 10.6 Å². The fourth-order valence-corrected chi connectivity index (χ4v) is 4.12. The number of allylic oxidation sites excluding steroid dienone is 2. The standard InChI is InChI=1S/C24H43NO3/c1-3-5-7-9-11-13-15-17-23(16-14-12-10-8-6-4-2)18-19-24(26,27)22(20-23)21-25-28/h18-21,26-28H,3-17H2,1-2H3. The number of unbranched alkanes of at least 4 members (excludes halogenated alkanes) is 11. The maximum Gasteiger partial charge on any atom is 0.211 e. The van der Waals surface area contributed by atoms with Gasteiger partial charge in [0, 0.05) is 11.0 Å². The molecule has 1 rings (SSSR count). The van der Waals surface area contributed by atoms with Gasteiger partial charge in [0.05, 0.1) is 6.21 Å². The largest absolute Gasteiger partial charge is 0.411 e. The van der Waals surface area contributed by atoms with Gasteiger partial charge in [0.15, 0.2) is 0 Å². The minimum atomic E-state index is -2.04. The molecule has 0 aromatic carbocycles. The molecule has 1 aliphatic rings. The third-order valence-electron chi connectivity index (χ3n) is 5.95. The van der Waals surface area contributed by atoms with Crippen LogP contribution >= 0.6 is 0 Å². The molecule has 0 radical (unpaired) electrons. The van der Waals surface area contributed by atoms with Gasteiger partial charge in [0.2, 0.25) is 5.79 Å². The topological polar surface area (TPSA) is 73.0 Å². The molecule has 3 N–H and O–H groups in total. The normalized spacial score (nSPS) is 21.4. The van der Waals surface area contributed by atoms with Crippen molar-refractivity contribution in [3.05, 3.63) is 23.8 Å². The molecular formula is C24H43NO3. The summed E-state index contributed by atoms with van der Waals surface area (Å²) in [6.07, 6.45) is 24.9. The molecule has 0 aromatic heterocycles. The Morgan fingerprint density at radius 2 is 1.21 bits per heavy atom. The Hall–Kier alpha value is -1.13. The molecule has 4 nitrogen and oxygen atoms in total. The first-order valence-electron chi connectivity index (χ1n) is 11.6. The van der Waals surface area contributed by atoms with Gasteiger partial charge in [0.1, 0.15) is 0 Å². The van der Waals surface area contributed by atoms with Crippen molar-refractivity contribution < 1.29 is 15.4 Å². The van der Waals surface area contributed by atoms with E-state index in [-0.39, 0.29) is 11.0 Å². The van der Waals surface area contributed by atoms with Crippen molar-refractivity contribution in [1.29, 1.82) is 0 Å².